The van der Waals surface area contributed by atoms with Gasteiger partial charge in [-0.2, -0.15) is 0 Å². The lowest BCUT2D eigenvalue weighted by Crippen LogP contribution is -2.40. The molecule has 1 unspecified atom stereocenters. The predicted molar refractivity (Wildman–Crippen MR) is 117 cm³/mol. The lowest BCUT2D eigenvalue weighted by molar-refractivity contribution is -0.121. The van der Waals surface area contributed by atoms with Crippen LogP contribution in [0.25, 0.3) is 11.1 Å². The number of fused-ring (bicyclic) bond motifs is 4. The Morgan fingerprint density at radius 1 is 0.867 bits per heavy atom. The molecule has 5 heteroatoms. The number of carbonyl (C=O) groups is 1. The van der Waals surface area contributed by atoms with Crippen molar-refractivity contribution < 1.29 is 14.3 Å². The average Bonchev–Trinajstić information content (AvgIpc) is 2.95. The van der Waals surface area contributed by atoms with Crippen molar-refractivity contribution in [2.45, 2.75) is 26.1 Å². The topological polar surface area (TPSA) is 50.8 Å². The minimum Gasteiger partial charge on any atom is -0.486 e. The minimum absolute atomic E-state index is 0.0384. The molecular formula is C25H24N2O3. The van der Waals surface area contributed by atoms with Gasteiger partial charge in [0.1, 0.15) is 13.2 Å². The predicted octanol–water partition coefficient (Wildman–Crippen LogP) is 4.47. The highest BCUT2D eigenvalue weighted by atomic mass is 16.6. The Hall–Kier alpha value is -3.31. The molecule has 2 aliphatic rings. The van der Waals surface area contributed by atoms with Gasteiger partial charge in [0.15, 0.2) is 11.5 Å². The number of amides is 1. The van der Waals surface area contributed by atoms with Crippen LogP contribution in [0.1, 0.15) is 18.1 Å². The Kier molecular flexibility index (Phi) is 4.89. The first-order chi connectivity index (χ1) is 14.7. The number of benzene rings is 3. The Morgan fingerprint density at radius 2 is 1.47 bits per heavy atom. The van der Waals surface area contributed by atoms with Crippen LogP contribution in [-0.4, -0.2) is 30.1 Å². The molecule has 0 aromatic heterocycles. The number of anilines is 1. The van der Waals surface area contributed by atoms with Gasteiger partial charge < -0.3 is 14.8 Å². The van der Waals surface area contributed by atoms with E-state index in [1.807, 2.05) is 25.1 Å². The monoisotopic (exact) mass is 400 g/mol. The molecule has 3 aromatic carbocycles. The molecule has 2 aliphatic heterocycles. The third-order valence-electron chi connectivity index (χ3n) is 5.81. The second-order valence-electron chi connectivity index (χ2n) is 7.74. The molecule has 0 spiro atoms. The molecule has 152 valence electrons. The van der Waals surface area contributed by atoms with Gasteiger partial charge in [-0.3, -0.25) is 9.69 Å². The van der Waals surface area contributed by atoms with E-state index in [0.29, 0.717) is 30.4 Å². The highest BCUT2D eigenvalue weighted by Crippen LogP contribution is 2.34. The Labute approximate surface area is 176 Å². The van der Waals surface area contributed by atoms with Crippen molar-refractivity contribution in [1.29, 1.82) is 0 Å². The van der Waals surface area contributed by atoms with Crippen molar-refractivity contribution in [2.75, 3.05) is 18.5 Å². The number of hydrogen-bond donors (Lipinski definition) is 1. The lowest BCUT2D eigenvalue weighted by Gasteiger charge is -2.27. The Morgan fingerprint density at radius 3 is 2.13 bits per heavy atom. The van der Waals surface area contributed by atoms with Gasteiger partial charge in [0.2, 0.25) is 5.91 Å². The summed E-state index contributed by atoms with van der Waals surface area (Å²) in [5, 5.41) is 3.04. The summed E-state index contributed by atoms with van der Waals surface area (Å²) in [4.78, 5) is 15.3. The van der Waals surface area contributed by atoms with E-state index in [9.17, 15) is 4.79 Å². The summed E-state index contributed by atoms with van der Waals surface area (Å²) in [6, 6.07) is 22.1. The zero-order valence-corrected chi connectivity index (χ0v) is 16.9. The van der Waals surface area contributed by atoms with Gasteiger partial charge in [-0.25, -0.2) is 0 Å². The zero-order chi connectivity index (χ0) is 20.5. The fourth-order valence-corrected chi connectivity index (χ4v) is 4.14. The summed E-state index contributed by atoms with van der Waals surface area (Å²) >= 11 is 0. The van der Waals surface area contributed by atoms with Gasteiger partial charge in [-0.15, -0.1) is 0 Å². The fraction of sp³-hybridized carbons (Fsp3) is 0.240. The van der Waals surface area contributed by atoms with Gasteiger partial charge in [0.25, 0.3) is 0 Å². The maximum atomic E-state index is 13.1. The van der Waals surface area contributed by atoms with E-state index in [-0.39, 0.29) is 11.9 Å². The maximum absolute atomic E-state index is 13.1. The van der Waals surface area contributed by atoms with Crippen LogP contribution in [0.3, 0.4) is 0 Å². The molecule has 0 radical (unpaired) electrons. The molecule has 0 saturated heterocycles. The summed E-state index contributed by atoms with van der Waals surface area (Å²) in [7, 11) is 0. The number of ether oxygens (including phenoxy) is 2. The number of nitrogens with zero attached hydrogens (tertiary/aromatic N) is 1. The molecule has 30 heavy (non-hydrogen) atoms. The SMILES string of the molecule is CC(C(=O)Nc1ccc2c(c1)OCCO2)N1Cc2ccccc2-c2ccccc2C1. The van der Waals surface area contributed by atoms with E-state index < -0.39 is 0 Å². The van der Waals surface area contributed by atoms with Crippen molar-refractivity contribution in [3.8, 4) is 22.6 Å². The van der Waals surface area contributed by atoms with E-state index in [2.05, 4.69) is 58.7 Å². The largest absolute Gasteiger partial charge is 0.486 e. The number of rotatable bonds is 3. The van der Waals surface area contributed by atoms with Crippen molar-refractivity contribution in [3.63, 3.8) is 0 Å². The van der Waals surface area contributed by atoms with Crippen LogP contribution in [0.4, 0.5) is 5.69 Å². The van der Waals surface area contributed by atoms with Gasteiger partial charge in [-0.1, -0.05) is 48.5 Å². The molecule has 2 heterocycles. The highest BCUT2D eigenvalue weighted by Gasteiger charge is 2.26. The third kappa shape index (κ3) is 3.53. The van der Waals surface area contributed by atoms with E-state index in [1.54, 1.807) is 0 Å². The van der Waals surface area contributed by atoms with E-state index in [1.165, 1.54) is 22.3 Å². The lowest BCUT2D eigenvalue weighted by atomic mass is 9.97. The van der Waals surface area contributed by atoms with E-state index in [4.69, 9.17) is 9.47 Å². The molecule has 0 fully saturated rings. The number of carbonyl (C=O) groups excluding carboxylic acids is 1. The van der Waals surface area contributed by atoms with Crippen LogP contribution >= 0.6 is 0 Å². The van der Waals surface area contributed by atoms with Gasteiger partial charge in [-0.05, 0) is 41.3 Å². The van der Waals surface area contributed by atoms with Gasteiger partial charge >= 0.3 is 0 Å². The molecule has 0 bridgehead atoms. The summed E-state index contributed by atoms with van der Waals surface area (Å²) in [6.07, 6.45) is 0. The van der Waals surface area contributed by atoms with Crippen LogP contribution < -0.4 is 14.8 Å². The van der Waals surface area contributed by atoms with Crippen molar-refractivity contribution in [2.24, 2.45) is 0 Å². The minimum atomic E-state index is -0.294. The molecular weight excluding hydrogens is 376 g/mol. The summed E-state index contributed by atoms with van der Waals surface area (Å²) in [5.74, 6) is 1.35. The van der Waals surface area contributed by atoms with E-state index in [0.717, 1.165) is 13.1 Å². The molecule has 0 aliphatic carbocycles. The second-order valence-corrected chi connectivity index (χ2v) is 7.74. The highest BCUT2D eigenvalue weighted by molar-refractivity contribution is 5.95. The first-order valence-electron chi connectivity index (χ1n) is 10.3. The normalized spacial score (nSPS) is 16.0. The van der Waals surface area contributed by atoms with Crippen molar-refractivity contribution in [3.05, 3.63) is 77.9 Å². The molecule has 1 atom stereocenters. The molecule has 1 N–H and O–H groups in total. The summed E-state index contributed by atoms with van der Waals surface area (Å²) < 4.78 is 11.2. The fourth-order valence-electron chi connectivity index (χ4n) is 4.14. The van der Waals surface area contributed by atoms with Crippen LogP contribution in [0.5, 0.6) is 11.5 Å². The Balaban J connectivity index is 1.38. The van der Waals surface area contributed by atoms with Gasteiger partial charge in [0, 0.05) is 24.8 Å². The van der Waals surface area contributed by atoms with Crippen molar-refractivity contribution in [1.82, 2.24) is 4.90 Å². The molecule has 5 nitrogen and oxygen atoms in total. The first-order valence-corrected chi connectivity index (χ1v) is 10.3. The average molecular weight is 400 g/mol. The van der Waals surface area contributed by atoms with Crippen LogP contribution in [0, 0.1) is 0 Å². The molecule has 1 amide bonds. The Bertz CT molecular complexity index is 1050. The van der Waals surface area contributed by atoms with Crippen LogP contribution in [0.15, 0.2) is 66.7 Å². The summed E-state index contributed by atoms with van der Waals surface area (Å²) in [6.45, 7) is 4.48. The maximum Gasteiger partial charge on any atom is 0.241 e. The second kappa shape index (κ2) is 7.84. The zero-order valence-electron chi connectivity index (χ0n) is 16.9. The molecule has 0 saturated carbocycles. The summed E-state index contributed by atoms with van der Waals surface area (Å²) in [5.41, 5.74) is 5.68. The quantitative estimate of drug-likeness (QED) is 0.705. The number of nitrogens with one attached hydrogen (secondary N) is 1. The van der Waals surface area contributed by atoms with Crippen molar-refractivity contribution >= 4 is 11.6 Å². The smallest absolute Gasteiger partial charge is 0.241 e. The van der Waals surface area contributed by atoms with Crippen LogP contribution in [-0.2, 0) is 17.9 Å². The molecule has 5 rings (SSSR count). The van der Waals surface area contributed by atoms with Crippen LogP contribution in [0.2, 0.25) is 0 Å². The third-order valence-corrected chi connectivity index (χ3v) is 5.81. The van der Waals surface area contributed by atoms with Gasteiger partial charge in [0.05, 0.1) is 6.04 Å². The molecule has 3 aromatic rings. The van der Waals surface area contributed by atoms with E-state index >= 15 is 0 Å². The first kappa shape index (κ1) is 18.7. The number of hydrogen-bond acceptors (Lipinski definition) is 4. The standard InChI is InChI=1S/C25H24N2O3/c1-17(25(28)26-20-10-11-23-24(14-20)30-13-12-29-23)27-15-18-6-2-4-8-21(18)22-9-5-3-7-19(22)16-27/h2-11,14,17H,12-13,15-16H2,1H3,(H,26,28).